The molecule has 0 aromatic heterocycles. The lowest BCUT2D eigenvalue weighted by atomic mass is 9.92. The molecule has 1 saturated carbocycles. The minimum atomic E-state index is 0.684. The van der Waals surface area contributed by atoms with Crippen molar-refractivity contribution < 1.29 is 14.6 Å². The largest absolute Gasteiger partial charge is 0.493 e. The molecule has 1 aromatic rings. The van der Waals surface area contributed by atoms with Crippen molar-refractivity contribution in [2.45, 2.75) is 58.3 Å². The Balaban J connectivity index is 0.00000176. The molecule has 0 saturated heterocycles. The number of aliphatic hydroxyl groups excluding tert-OH is 1. The molecule has 0 spiro atoms. The third kappa shape index (κ3) is 10.1. The fraction of sp³-hybridized carbons (Fsp3) is 0.542. The highest BCUT2D eigenvalue weighted by Crippen LogP contribution is 2.35. The van der Waals surface area contributed by atoms with Crippen LogP contribution in [0.3, 0.4) is 0 Å². The predicted octanol–water partition coefficient (Wildman–Crippen LogP) is 5.66. The Morgan fingerprint density at radius 3 is 2.74 bits per heavy atom. The Labute approximate surface area is 165 Å². The zero-order valence-corrected chi connectivity index (χ0v) is 17.0. The van der Waals surface area contributed by atoms with E-state index in [-0.39, 0.29) is 0 Å². The van der Waals surface area contributed by atoms with Crippen molar-refractivity contribution >= 4 is 6.29 Å². The summed E-state index contributed by atoms with van der Waals surface area (Å²) in [5.74, 6) is 2.47. The van der Waals surface area contributed by atoms with Crippen LogP contribution in [-0.4, -0.2) is 25.1 Å². The molecule has 1 aliphatic carbocycles. The van der Waals surface area contributed by atoms with Crippen molar-refractivity contribution in [2.24, 2.45) is 11.8 Å². The van der Waals surface area contributed by atoms with E-state index in [1.54, 1.807) is 0 Å². The van der Waals surface area contributed by atoms with Gasteiger partial charge >= 0.3 is 0 Å². The number of rotatable bonds is 11. The van der Waals surface area contributed by atoms with Crippen LogP contribution in [0.1, 0.15) is 56.9 Å². The van der Waals surface area contributed by atoms with Gasteiger partial charge in [-0.25, -0.2) is 0 Å². The number of aliphatic hydroxyl groups is 1. The maximum atomic E-state index is 10.3. The average molecular weight is 373 g/mol. The first-order valence-corrected chi connectivity index (χ1v) is 10.2. The summed E-state index contributed by atoms with van der Waals surface area (Å²) < 4.78 is 5.80. The monoisotopic (exact) mass is 372 g/mol. The van der Waals surface area contributed by atoms with Gasteiger partial charge in [0.05, 0.1) is 6.61 Å². The molecule has 27 heavy (non-hydrogen) atoms. The molecule has 150 valence electrons. The highest BCUT2D eigenvalue weighted by Gasteiger charge is 2.23. The lowest BCUT2D eigenvalue weighted by Gasteiger charge is -2.14. The van der Waals surface area contributed by atoms with E-state index in [2.05, 4.69) is 43.4 Å². The summed E-state index contributed by atoms with van der Waals surface area (Å²) in [6, 6.07) is 8.23. The molecule has 0 radical (unpaired) electrons. The van der Waals surface area contributed by atoms with Crippen LogP contribution in [0.15, 0.2) is 48.6 Å². The lowest BCUT2D eigenvalue weighted by molar-refractivity contribution is -0.107. The second kappa shape index (κ2) is 15.2. The molecule has 0 amide bonds. The number of allylic oxidation sites excluding steroid dienone is 3. The molecule has 2 atom stereocenters. The number of carbonyl (C=O) groups is 1. The first-order valence-electron chi connectivity index (χ1n) is 10.2. The van der Waals surface area contributed by atoms with Gasteiger partial charge < -0.3 is 14.6 Å². The smallest absolute Gasteiger partial charge is 0.120 e. The Morgan fingerprint density at radius 2 is 1.96 bits per heavy atom. The quantitative estimate of drug-likeness (QED) is 0.310. The van der Waals surface area contributed by atoms with Gasteiger partial charge in [-0.3, -0.25) is 0 Å². The first-order chi connectivity index (χ1) is 13.3. The molecule has 2 rings (SSSR count). The summed E-state index contributed by atoms with van der Waals surface area (Å²) in [7, 11) is 1.00. The Morgan fingerprint density at radius 1 is 1.11 bits per heavy atom. The Kier molecular flexibility index (Phi) is 13.1. The van der Waals surface area contributed by atoms with Gasteiger partial charge in [-0.1, -0.05) is 42.9 Å². The summed E-state index contributed by atoms with van der Waals surface area (Å²) in [6.07, 6.45) is 19.1. The maximum Gasteiger partial charge on any atom is 0.120 e. The van der Waals surface area contributed by atoms with E-state index >= 15 is 0 Å². The molecule has 3 nitrogen and oxygen atoms in total. The number of carbonyl (C=O) groups excluding carboxylic acids is 1. The molecule has 1 fully saturated rings. The van der Waals surface area contributed by atoms with Gasteiger partial charge in [0.25, 0.3) is 0 Å². The van der Waals surface area contributed by atoms with Crippen LogP contribution < -0.4 is 4.74 Å². The molecular weight excluding hydrogens is 336 g/mol. The predicted molar refractivity (Wildman–Crippen MR) is 113 cm³/mol. The molecule has 1 N–H and O–H groups in total. The normalized spacial score (nSPS) is 19.2. The third-order valence-electron chi connectivity index (χ3n) is 4.94. The summed E-state index contributed by atoms with van der Waals surface area (Å²) in [4.78, 5) is 10.3. The minimum Gasteiger partial charge on any atom is -0.493 e. The third-order valence-corrected chi connectivity index (χ3v) is 4.94. The van der Waals surface area contributed by atoms with Gasteiger partial charge in [-0.15, -0.1) is 0 Å². The van der Waals surface area contributed by atoms with Gasteiger partial charge in [0.2, 0.25) is 0 Å². The van der Waals surface area contributed by atoms with E-state index in [9.17, 15) is 4.79 Å². The second-order valence-electron chi connectivity index (χ2n) is 7.04. The van der Waals surface area contributed by atoms with Crippen LogP contribution in [0.25, 0.3) is 0 Å². The van der Waals surface area contributed by atoms with E-state index in [1.165, 1.54) is 31.2 Å². The molecule has 1 unspecified atom stereocenters. The van der Waals surface area contributed by atoms with Crippen LogP contribution >= 0.6 is 0 Å². The number of aryl methyl sites for hydroxylation is 1. The van der Waals surface area contributed by atoms with Crippen LogP contribution in [-0.2, 0) is 4.79 Å². The van der Waals surface area contributed by atoms with E-state index in [1.807, 2.05) is 12.1 Å². The summed E-state index contributed by atoms with van der Waals surface area (Å²) in [5.41, 5.74) is 1.24. The van der Waals surface area contributed by atoms with Crippen LogP contribution in [0.5, 0.6) is 5.75 Å². The SMILES string of the molecule is CO.Cc1cccc(OCC/C=C/C2CCC[C@@H]2C/C=C\CCCC=O)c1. The topological polar surface area (TPSA) is 46.5 Å². The summed E-state index contributed by atoms with van der Waals surface area (Å²) in [5, 5.41) is 7.00. The fourth-order valence-electron chi connectivity index (χ4n) is 3.54. The summed E-state index contributed by atoms with van der Waals surface area (Å²) >= 11 is 0. The van der Waals surface area contributed by atoms with Crippen molar-refractivity contribution in [1.82, 2.24) is 0 Å². The van der Waals surface area contributed by atoms with Crippen molar-refractivity contribution in [3.63, 3.8) is 0 Å². The Hall–Kier alpha value is -1.87. The van der Waals surface area contributed by atoms with Gasteiger partial charge in [0.1, 0.15) is 12.0 Å². The number of aldehydes is 1. The second-order valence-corrected chi connectivity index (χ2v) is 7.04. The first kappa shape index (κ1) is 23.2. The average Bonchev–Trinajstić information content (AvgIpc) is 3.13. The van der Waals surface area contributed by atoms with Crippen molar-refractivity contribution in [3.05, 3.63) is 54.1 Å². The van der Waals surface area contributed by atoms with Crippen molar-refractivity contribution in [3.8, 4) is 5.75 Å². The van der Waals surface area contributed by atoms with E-state index in [0.29, 0.717) is 6.42 Å². The molecule has 3 heteroatoms. The van der Waals surface area contributed by atoms with Crippen LogP contribution in [0.2, 0.25) is 0 Å². The highest BCUT2D eigenvalue weighted by molar-refractivity contribution is 5.49. The van der Waals surface area contributed by atoms with Crippen LogP contribution in [0.4, 0.5) is 0 Å². The molecule has 0 bridgehead atoms. The Bertz CT molecular complexity index is 562. The van der Waals surface area contributed by atoms with Gasteiger partial charge in [-0.2, -0.15) is 0 Å². The lowest BCUT2D eigenvalue weighted by Crippen LogP contribution is -2.04. The maximum absolute atomic E-state index is 10.3. The van der Waals surface area contributed by atoms with Gasteiger partial charge in [0.15, 0.2) is 0 Å². The number of hydrogen-bond acceptors (Lipinski definition) is 3. The van der Waals surface area contributed by atoms with Crippen molar-refractivity contribution in [1.29, 1.82) is 0 Å². The number of hydrogen-bond donors (Lipinski definition) is 1. The number of benzene rings is 1. The number of ether oxygens (including phenoxy) is 1. The van der Waals surface area contributed by atoms with Crippen LogP contribution in [0, 0.1) is 18.8 Å². The van der Waals surface area contributed by atoms with Gasteiger partial charge in [0, 0.05) is 13.5 Å². The number of unbranched alkanes of at least 4 members (excludes halogenated alkanes) is 2. The van der Waals surface area contributed by atoms with E-state index < -0.39 is 0 Å². The summed E-state index contributed by atoms with van der Waals surface area (Å²) in [6.45, 7) is 2.83. The zero-order chi connectivity index (χ0) is 19.7. The molecule has 0 heterocycles. The molecule has 0 aliphatic heterocycles. The van der Waals surface area contributed by atoms with Crippen molar-refractivity contribution in [2.75, 3.05) is 13.7 Å². The van der Waals surface area contributed by atoms with Gasteiger partial charge in [-0.05, 0) is 75.0 Å². The standard InChI is InChI=1S/C23H32O2.CH4O/c1-20-11-9-16-23(19-20)25-18-8-6-13-22-15-10-14-21(22)12-5-3-2-4-7-17-24;1-2/h3,5-6,9,11,13,16-17,19,21-22H,2,4,7-8,10,12,14-15,18H2,1H3;2H,1H3/b5-3-,13-6+;/t21-,22?;/m0./s1. The fourth-order valence-corrected chi connectivity index (χ4v) is 3.54. The zero-order valence-electron chi connectivity index (χ0n) is 17.0. The molecular formula is C24H36O3. The highest BCUT2D eigenvalue weighted by atomic mass is 16.5. The molecule has 1 aromatic carbocycles. The van der Waals surface area contributed by atoms with E-state index in [0.717, 1.165) is 56.9 Å². The minimum absolute atomic E-state index is 0.684. The molecule has 1 aliphatic rings. The van der Waals surface area contributed by atoms with E-state index in [4.69, 9.17) is 9.84 Å².